The lowest BCUT2D eigenvalue weighted by atomic mass is 9.64. The number of ether oxygens (including phenoxy) is 1. The molecule has 8 heteroatoms. The van der Waals surface area contributed by atoms with Crippen LogP contribution in [0.5, 0.6) is 5.75 Å². The number of carbonyl (C=O) groups is 3. The molecule has 4 rings (SSSR count). The number of aliphatic carboxylic acids is 1. The predicted octanol–water partition coefficient (Wildman–Crippen LogP) is 2.00. The molecule has 0 saturated heterocycles. The third kappa shape index (κ3) is 4.13. The van der Waals surface area contributed by atoms with Crippen LogP contribution in [0.2, 0.25) is 0 Å². The number of hydrogen-bond donors (Lipinski definition) is 3. The van der Waals surface area contributed by atoms with Crippen LogP contribution in [0.1, 0.15) is 37.7 Å². The van der Waals surface area contributed by atoms with Gasteiger partial charge in [-0.2, -0.15) is 0 Å². The zero-order chi connectivity index (χ0) is 21.3. The highest BCUT2D eigenvalue weighted by Gasteiger charge is 2.50. The van der Waals surface area contributed by atoms with Crippen LogP contribution in [0.25, 0.3) is 0 Å². The summed E-state index contributed by atoms with van der Waals surface area (Å²) in [5.74, 6) is -1.40. The molecule has 3 N–H and O–H groups in total. The van der Waals surface area contributed by atoms with Crippen LogP contribution in [0.15, 0.2) is 35.6 Å². The zero-order valence-electron chi connectivity index (χ0n) is 16.7. The third-order valence-corrected chi connectivity index (χ3v) is 6.15. The molecule has 0 bridgehead atoms. The average Bonchev–Trinajstić information content (AvgIpc) is 3.51. The lowest BCUT2D eigenvalue weighted by molar-refractivity contribution is -0.140. The van der Waals surface area contributed by atoms with Crippen molar-refractivity contribution in [3.8, 4) is 5.75 Å². The third-order valence-electron chi connectivity index (χ3n) is 6.15. The molecule has 160 valence electrons. The minimum atomic E-state index is -1.22. The van der Waals surface area contributed by atoms with Crippen molar-refractivity contribution in [2.45, 2.75) is 38.6 Å². The first kappa shape index (κ1) is 20.3. The molecule has 3 aliphatic rings. The first-order chi connectivity index (χ1) is 14.4. The Morgan fingerprint density at radius 3 is 2.47 bits per heavy atom. The van der Waals surface area contributed by atoms with E-state index in [1.54, 1.807) is 4.90 Å². The molecule has 1 aromatic carbocycles. The molecule has 1 heterocycles. The smallest absolute Gasteiger partial charge is 0.322 e. The van der Waals surface area contributed by atoms with Crippen molar-refractivity contribution in [2.75, 3.05) is 19.7 Å². The fourth-order valence-electron chi connectivity index (χ4n) is 4.02. The van der Waals surface area contributed by atoms with Crippen LogP contribution in [0, 0.1) is 11.3 Å². The van der Waals surface area contributed by atoms with E-state index in [1.165, 1.54) is 12.8 Å². The molecule has 8 nitrogen and oxygen atoms in total. The number of amides is 2. The average molecular weight is 414 g/mol. The number of hydrogen-bond acceptors (Lipinski definition) is 5. The van der Waals surface area contributed by atoms with Gasteiger partial charge in [-0.3, -0.25) is 14.4 Å². The highest BCUT2D eigenvalue weighted by Crippen LogP contribution is 2.50. The second kappa shape index (κ2) is 8.01. The fourth-order valence-corrected chi connectivity index (χ4v) is 4.02. The predicted molar refractivity (Wildman–Crippen MR) is 107 cm³/mol. The summed E-state index contributed by atoms with van der Waals surface area (Å²) in [6.45, 7) is 0.753. The monoisotopic (exact) mass is 414 g/mol. The molecule has 0 atom stereocenters. The summed E-state index contributed by atoms with van der Waals surface area (Å²) in [5, 5.41) is 21.7. The van der Waals surface area contributed by atoms with E-state index in [4.69, 9.17) is 9.84 Å². The van der Waals surface area contributed by atoms with Crippen molar-refractivity contribution in [3.05, 3.63) is 41.2 Å². The molecule has 0 aromatic heterocycles. The van der Waals surface area contributed by atoms with E-state index in [2.05, 4.69) is 5.32 Å². The summed E-state index contributed by atoms with van der Waals surface area (Å²) in [4.78, 5) is 37.8. The van der Waals surface area contributed by atoms with Gasteiger partial charge in [0.1, 0.15) is 23.6 Å². The highest BCUT2D eigenvalue weighted by atomic mass is 16.5. The van der Waals surface area contributed by atoms with Crippen molar-refractivity contribution in [1.82, 2.24) is 10.2 Å². The summed E-state index contributed by atoms with van der Waals surface area (Å²) in [5.41, 5.74) is -0.0632. The number of carboxylic acid groups (broad SMARTS) is 1. The Morgan fingerprint density at radius 1 is 1.20 bits per heavy atom. The van der Waals surface area contributed by atoms with Crippen molar-refractivity contribution in [2.24, 2.45) is 11.3 Å². The molecule has 2 fully saturated rings. The normalized spacial score (nSPS) is 20.1. The molecule has 2 aliphatic carbocycles. The Bertz CT molecular complexity index is 883. The Kier molecular flexibility index (Phi) is 5.40. The van der Waals surface area contributed by atoms with E-state index in [1.807, 2.05) is 24.3 Å². The van der Waals surface area contributed by atoms with Crippen LogP contribution in [0.3, 0.4) is 0 Å². The van der Waals surface area contributed by atoms with Gasteiger partial charge in [-0.15, -0.1) is 0 Å². The Balaban J connectivity index is 1.48. The largest absolute Gasteiger partial charge is 0.511 e. The molecule has 2 amide bonds. The number of benzene rings is 1. The van der Waals surface area contributed by atoms with E-state index in [0.717, 1.165) is 24.3 Å². The van der Waals surface area contributed by atoms with Crippen LogP contribution in [-0.2, 0) is 20.9 Å². The van der Waals surface area contributed by atoms with E-state index in [9.17, 15) is 19.5 Å². The Hall–Kier alpha value is -3.03. The minimum Gasteiger partial charge on any atom is -0.511 e. The first-order valence-corrected chi connectivity index (χ1v) is 10.3. The van der Waals surface area contributed by atoms with Gasteiger partial charge in [0.15, 0.2) is 0 Å². The van der Waals surface area contributed by atoms with Gasteiger partial charge >= 0.3 is 5.97 Å². The van der Waals surface area contributed by atoms with Crippen molar-refractivity contribution >= 4 is 17.8 Å². The van der Waals surface area contributed by atoms with Gasteiger partial charge < -0.3 is 25.2 Å². The van der Waals surface area contributed by atoms with E-state index < -0.39 is 29.7 Å². The van der Waals surface area contributed by atoms with Crippen molar-refractivity contribution < 1.29 is 29.3 Å². The van der Waals surface area contributed by atoms with Crippen LogP contribution in [0.4, 0.5) is 0 Å². The lowest BCUT2D eigenvalue weighted by Gasteiger charge is -2.48. The first-order valence-electron chi connectivity index (χ1n) is 10.3. The SMILES string of the molecule is O=C(O)CNC(=O)C1=C(O)C2(CCC2)CN(Cc2ccc(OCC3CC3)cc2)C1=O. The molecular formula is C22H26N2O6. The van der Waals surface area contributed by atoms with E-state index >= 15 is 0 Å². The molecule has 0 radical (unpaired) electrons. The summed E-state index contributed by atoms with van der Waals surface area (Å²) in [6.07, 6.45) is 4.72. The number of aliphatic hydroxyl groups is 1. The summed E-state index contributed by atoms with van der Waals surface area (Å²) in [7, 11) is 0. The number of rotatable bonds is 8. The molecule has 1 spiro atoms. The van der Waals surface area contributed by atoms with Crippen LogP contribution in [-0.4, -0.2) is 52.6 Å². The fraction of sp³-hybridized carbons (Fsp3) is 0.500. The van der Waals surface area contributed by atoms with Gasteiger partial charge in [-0.25, -0.2) is 0 Å². The van der Waals surface area contributed by atoms with Crippen molar-refractivity contribution in [1.29, 1.82) is 0 Å². The van der Waals surface area contributed by atoms with Gasteiger partial charge in [-0.1, -0.05) is 18.6 Å². The maximum atomic E-state index is 13.0. The Labute approximate surface area is 174 Å². The molecule has 1 aromatic rings. The molecule has 2 saturated carbocycles. The summed E-state index contributed by atoms with van der Waals surface area (Å²) < 4.78 is 5.74. The highest BCUT2D eigenvalue weighted by molar-refractivity contribution is 6.19. The van der Waals surface area contributed by atoms with Gasteiger partial charge in [0, 0.05) is 18.5 Å². The maximum absolute atomic E-state index is 13.0. The van der Waals surface area contributed by atoms with Crippen LogP contribution < -0.4 is 10.1 Å². The number of carbonyl (C=O) groups excluding carboxylic acids is 2. The second-order valence-corrected chi connectivity index (χ2v) is 8.49. The van der Waals surface area contributed by atoms with Crippen LogP contribution >= 0.6 is 0 Å². The van der Waals surface area contributed by atoms with E-state index in [0.29, 0.717) is 31.8 Å². The molecule has 0 unspecified atom stereocenters. The quantitative estimate of drug-likeness (QED) is 0.561. The second-order valence-electron chi connectivity index (χ2n) is 8.49. The molecular weight excluding hydrogens is 388 g/mol. The lowest BCUT2D eigenvalue weighted by Crippen LogP contribution is -2.53. The van der Waals surface area contributed by atoms with Gasteiger partial charge in [0.05, 0.1) is 6.61 Å². The molecule has 1 aliphatic heterocycles. The number of nitrogens with one attached hydrogen (secondary N) is 1. The summed E-state index contributed by atoms with van der Waals surface area (Å²) >= 11 is 0. The topological polar surface area (TPSA) is 116 Å². The van der Waals surface area contributed by atoms with Crippen molar-refractivity contribution in [3.63, 3.8) is 0 Å². The number of carboxylic acids is 1. The minimum absolute atomic E-state index is 0.207. The van der Waals surface area contributed by atoms with E-state index in [-0.39, 0.29) is 11.3 Å². The zero-order valence-corrected chi connectivity index (χ0v) is 16.7. The van der Waals surface area contributed by atoms with Gasteiger partial charge in [-0.05, 0) is 49.3 Å². The van der Waals surface area contributed by atoms with Gasteiger partial charge in [0.25, 0.3) is 11.8 Å². The maximum Gasteiger partial charge on any atom is 0.322 e. The van der Waals surface area contributed by atoms with Gasteiger partial charge in [0.2, 0.25) is 0 Å². The molecule has 30 heavy (non-hydrogen) atoms. The standard InChI is InChI=1S/C22H26N2O6/c25-17(26)10-23-20(28)18-19(27)22(8-1-9-22)13-24(21(18)29)11-14-4-6-16(7-5-14)30-12-15-2-3-15/h4-7,15,27H,1-3,8-13H2,(H,23,28)(H,25,26). The number of aliphatic hydroxyl groups excluding tert-OH is 1. The number of nitrogens with zero attached hydrogens (tertiary/aromatic N) is 1. The Morgan fingerprint density at radius 2 is 1.90 bits per heavy atom. The summed E-state index contributed by atoms with van der Waals surface area (Å²) in [6, 6.07) is 7.54.